The molecule has 0 unspecified atom stereocenters. The van der Waals surface area contributed by atoms with Crippen molar-refractivity contribution in [1.82, 2.24) is 20.3 Å². The highest BCUT2D eigenvalue weighted by atomic mass is 16.1. The van der Waals surface area contributed by atoms with Gasteiger partial charge in [-0.3, -0.25) is 14.6 Å². The minimum Gasteiger partial charge on any atom is -0.367 e. The van der Waals surface area contributed by atoms with Crippen molar-refractivity contribution in [2.24, 2.45) is 0 Å². The number of benzene rings is 1. The quantitative estimate of drug-likeness (QED) is 0.618. The molecule has 0 bridgehead atoms. The number of para-hydroxylation sites is 1. The van der Waals surface area contributed by atoms with Crippen LogP contribution in [0.25, 0.3) is 10.9 Å². The number of pyridine rings is 1. The highest BCUT2D eigenvalue weighted by Crippen LogP contribution is 2.25. The number of carbonyl (C=O) groups is 1. The molecule has 0 radical (unpaired) electrons. The van der Waals surface area contributed by atoms with E-state index in [2.05, 4.69) is 30.5 Å². The van der Waals surface area contributed by atoms with Crippen molar-refractivity contribution in [3.05, 3.63) is 58.9 Å². The fourth-order valence-corrected chi connectivity index (χ4v) is 3.36. The minimum atomic E-state index is -0.186. The second-order valence-corrected chi connectivity index (χ2v) is 6.71. The number of aromatic nitrogens is 3. The smallest absolute Gasteiger partial charge is 0.258 e. The third kappa shape index (κ3) is 4.01. The van der Waals surface area contributed by atoms with Gasteiger partial charge >= 0.3 is 0 Å². The maximum atomic E-state index is 12.5. The summed E-state index contributed by atoms with van der Waals surface area (Å²) in [5.41, 5.74) is 2.13. The summed E-state index contributed by atoms with van der Waals surface area (Å²) in [6, 6.07) is 9.09. The zero-order chi connectivity index (χ0) is 19.3. The third-order valence-electron chi connectivity index (χ3n) is 4.78. The van der Waals surface area contributed by atoms with E-state index in [1.807, 2.05) is 12.1 Å². The second kappa shape index (κ2) is 8.18. The van der Waals surface area contributed by atoms with E-state index in [0.717, 1.165) is 31.9 Å². The number of nitrogens with zero attached hydrogens (tertiary/aromatic N) is 3. The summed E-state index contributed by atoms with van der Waals surface area (Å²) in [7, 11) is 0. The van der Waals surface area contributed by atoms with Gasteiger partial charge in [0, 0.05) is 45.2 Å². The van der Waals surface area contributed by atoms with Crippen LogP contribution in [0.15, 0.2) is 47.5 Å². The maximum absolute atomic E-state index is 12.5. The molecule has 0 atom stereocenters. The zero-order valence-electron chi connectivity index (χ0n) is 15.4. The molecule has 1 saturated heterocycles. The number of rotatable bonds is 5. The van der Waals surface area contributed by atoms with Crippen LogP contribution >= 0.6 is 0 Å². The summed E-state index contributed by atoms with van der Waals surface area (Å²) in [5, 5.41) is 6.81. The molecule has 1 aliphatic heterocycles. The summed E-state index contributed by atoms with van der Waals surface area (Å²) in [6.45, 7) is 3.59. The van der Waals surface area contributed by atoms with Gasteiger partial charge in [-0.2, -0.15) is 0 Å². The Morgan fingerprint density at radius 3 is 2.86 bits per heavy atom. The first-order valence-corrected chi connectivity index (χ1v) is 9.38. The number of hydrogen-bond acceptors (Lipinski definition) is 6. The Balaban J connectivity index is 1.43. The monoisotopic (exact) mass is 378 g/mol. The zero-order valence-corrected chi connectivity index (χ0v) is 15.4. The van der Waals surface area contributed by atoms with Crippen molar-refractivity contribution < 1.29 is 4.79 Å². The summed E-state index contributed by atoms with van der Waals surface area (Å²) in [4.78, 5) is 38.2. The van der Waals surface area contributed by atoms with Gasteiger partial charge in [0.1, 0.15) is 5.82 Å². The Morgan fingerprint density at radius 2 is 2.00 bits per heavy atom. The average molecular weight is 378 g/mol. The van der Waals surface area contributed by atoms with Gasteiger partial charge in [0.25, 0.3) is 5.56 Å². The lowest BCUT2D eigenvalue weighted by Crippen LogP contribution is -2.43. The highest BCUT2D eigenvalue weighted by Gasteiger charge is 2.16. The van der Waals surface area contributed by atoms with Crippen molar-refractivity contribution in [1.29, 1.82) is 0 Å². The molecule has 1 fully saturated rings. The first kappa shape index (κ1) is 18.1. The Bertz CT molecular complexity index is 1040. The SMILES string of the molecule is O=C(CCc1nc2ccccc2c(=O)[nH]1)Nc1cnccc1N1CCNCC1. The van der Waals surface area contributed by atoms with Gasteiger partial charge in [-0.25, -0.2) is 4.98 Å². The molecular formula is C20H22N6O2. The molecule has 4 rings (SSSR count). The molecule has 1 aliphatic rings. The lowest BCUT2D eigenvalue weighted by atomic mass is 10.2. The number of aromatic amines is 1. The van der Waals surface area contributed by atoms with Crippen molar-refractivity contribution in [2.75, 3.05) is 36.4 Å². The molecule has 2 aromatic heterocycles. The third-order valence-corrected chi connectivity index (χ3v) is 4.78. The Kier molecular flexibility index (Phi) is 5.29. The second-order valence-electron chi connectivity index (χ2n) is 6.71. The summed E-state index contributed by atoms with van der Waals surface area (Å²) in [5.74, 6) is 0.368. The van der Waals surface area contributed by atoms with E-state index in [9.17, 15) is 9.59 Å². The Morgan fingerprint density at radius 1 is 1.18 bits per heavy atom. The predicted octanol–water partition coefficient (Wildman–Crippen LogP) is 1.30. The van der Waals surface area contributed by atoms with Gasteiger partial charge in [0.05, 0.1) is 28.5 Å². The first-order valence-electron chi connectivity index (χ1n) is 9.38. The van der Waals surface area contributed by atoms with Crippen LogP contribution in [0.1, 0.15) is 12.2 Å². The van der Waals surface area contributed by atoms with Crippen LogP contribution < -0.4 is 21.1 Å². The van der Waals surface area contributed by atoms with Crippen LogP contribution in [0, 0.1) is 0 Å². The predicted molar refractivity (Wildman–Crippen MR) is 109 cm³/mol. The highest BCUT2D eigenvalue weighted by molar-refractivity contribution is 5.94. The molecule has 8 heteroatoms. The van der Waals surface area contributed by atoms with Crippen LogP contribution in [0.5, 0.6) is 0 Å². The number of anilines is 2. The molecule has 3 aromatic rings. The van der Waals surface area contributed by atoms with Gasteiger partial charge in [-0.1, -0.05) is 12.1 Å². The maximum Gasteiger partial charge on any atom is 0.258 e. The Hall–Kier alpha value is -3.26. The van der Waals surface area contributed by atoms with E-state index in [4.69, 9.17) is 0 Å². The van der Waals surface area contributed by atoms with Crippen LogP contribution in [0.3, 0.4) is 0 Å². The van der Waals surface area contributed by atoms with E-state index >= 15 is 0 Å². The number of carbonyl (C=O) groups excluding carboxylic acids is 1. The van der Waals surface area contributed by atoms with E-state index < -0.39 is 0 Å². The normalized spacial score (nSPS) is 14.2. The number of aryl methyl sites for hydroxylation is 1. The Labute approximate surface area is 162 Å². The van der Waals surface area contributed by atoms with Gasteiger partial charge in [0.2, 0.25) is 5.91 Å². The van der Waals surface area contributed by atoms with Gasteiger partial charge < -0.3 is 20.5 Å². The van der Waals surface area contributed by atoms with E-state index in [-0.39, 0.29) is 17.9 Å². The first-order chi connectivity index (χ1) is 13.7. The molecule has 3 N–H and O–H groups in total. The van der Waals surface area contributed by atoms with Crippen molar-refractivity contribution in [3.8, 4) is 0 Å². The van der Waals surface area contributed by atoms with Crippen LogP contribution in [0.2, 0.25) is 0 Å². The number of fused-ring (bicyclic) bond motifs is 1. The van der Waals surface area contributed by atoms with Crippen LogP contribution in [-0.4, -0.2) is 47.0 Å². The van der Waals surface area contributed by atoms with Crippen molar-refractivity contribution in [2.45, 2.75) is 12.8 Å². The van der Waals surface area contributed by atoms with E-state index in [0.29, 0.717) is 28.8 Å². The standard InChI is InChI=1S/C20H22N6O2/c27-19(6-5-18-23-15-4-2-1-3-14(15)20(28)25-18)24-16-13-22-8-7-17(16)26-11-9-21-10-12-26/h1-4,7-8,13,21H,5-6,9-12H2,(H,24,27)(H,23,25,28). The summed E-state index contributed by atoms with van der Waals surface area (Å²) < 4.78 is 0. The van der Waals surface area contributed by atoms with Gasteiger partial charge in [0.15, 0.2) is 0 Å². The molecule has 0 aliphatic carbocycles. The molecule has 144 valence electrons. The summed E-state index contributed by atoms with van der Waals surface area (Å²) in [6.07, 6.45) is 3.98. The molecule has 0 saturated carbocycles. The molecule has 0 spiro atoms. The summed E-state index contributed by atoms with van der Waals surface area (Å²) >= 11 is 0. The molecule has 28 heavy (non-hydrogen) atoms. The number of hydrogen-bond donors (Lipinski definition) is 3. The lowest BCUT2D eigenvalue weighted by Gasteiger charge is -2.30. The van der Waals surface area contributed by atoms with E-state index in [1.165, 1.54) is 0 Å². The average Bonchev–Trinajstić information content (AvgIpc) is 2.73. The minimum absolute atomic E-state index is 0.139. The fourth-order valence-electron chi connectivity index (χ4n) is 3.36. The molecule has 8 nitrogen and oxygen atoms in total. The molecule has 3 heterocycles. The van der Waals surface area contributed by atoms with Gasteiger partial charge in [-0.05, 0) is 18.2 Å². The number of nitrogens with one attached hydrogen (secondary N) is 3. The fraction of sp³-hybridized carbons (Fsp3) is 0.300. The molecule has 1 amide bonds. The van der Waals surface area contributed by atoms with Crippen LogP contribution in [-0.2, 0) is 11.2 Å². The number of amides is 1. The number of H-pyrrole nitrogens is 1. The molecular weight excluding hydrogens is 356 g/mol. The van der Waals surface area contributed by atoms with E-state index in [1.54, 1.807) is 30.6 Å². The largest absolute Gasteiger partial charge is 0.367 e. The van der Waals surface area contributed by atoms with Crippen molar-refractivity contribution >= 4 is 28.2 Å². The number of piperazine rings is 1. The van der Waals surface area contributed by atoms with Gasteiger partial charge in [-0.15, -0.1) is 0 Å². The van der Waals surface area contributed by atoms with Crippen LogP contribution in [0.4, 0.5) is 11.4 Å². The molecule has 1 aromatic carbocycles. The lowest BCUT2D eigenvalue weighted by molar-refractivity contribution is -0.116. The topological polar surface area (TPSA) is 103 Å². The van der Waals surface area contributed by atoms with Crippen molar-refractivity contribution in [3.63, 3.8) is 0 Å².